The molecule has 0 saturated carbocycles. The van der Waals surface area contributed by atoms with E-state index in [1.807, 2.05) is 30.3 Å². The highest BCUT2D eigenvalue weighted by Gasteiger charge is 2.58. The third-order valence-corrected chi connectivity index (χ3v) is 7.38. The van der Waals surface area contributed by atoms with Gasteiger partial charge in [0.15, 0.2) is 0 Å². The molecule has 0 aromatic heterocycles. The van der Waals surface area contributed by atoms with Crippen LogP contribution in [-0.4, -0.2) is 29.8 Å². The summed E-state index contributed by atoms with van der Waals surface area (Å²) >= 11 is 0. The van der Waals surface area contributed by atoms with Gasteiger partial charge in [0.05, 0.1) is 0 Å². The number of aliphatic hydroxyl groups is 1. The smallest absolute Gasteiger partial charge is 0.368 e. The van der Waals surface area contributed by atoms with Crippen molar-refractivity contribution in [2.45, 2.75) is 43.6 Å². The predicted octanol–water partition coefficient (Wildman–Crippen LogP) is 2.18. The highest BCUT2D eigenvalue weighted by molar-refractivity contribution is 7.72. The fraction of sp³-hybridized carbons (Fsp3) is 0.538. The summed E-state index contributed by atoms with van der Waals surface area (Å²) in [5.74, 6) is 0. The average Bonchev–Trinajstić information content (AvgIpc) is 2.41. The molecule has 0 atom stereocenters. The van der Waals surface area contributed by atoms with E-state index in [1.165, 1.54) is 5.56 Å². The summed E-state index contributed by atoms with van der Waals surface area (Å²) in [5, 5.41) is 6.41. The van der Waals surface area contributed by atoms with Gasteiger partial charge in [-0.15, -0.1) is 0 Å². The van der Waals surface area contributed by atoms with Crippen LogP contribution in [-0.2, 0) is 15.6 Å². The zero-order chi connectivity index (χ0) is 16.9. The SMILES string of the molecule is O=P(O)(O)C(O)(CCCCCCc1ccccc1)P(=O)(O)O. The van der Waals surface area contributed by atoms with E-state index in [1.54, 1.807) is 0 Å². The van der Waals surface area contributed by atoms with Crippen LogP contribution >= 0.6 is 15.2 Å². The van der Waals surface area contributed by atoms with Crippen LogP contribution in [0.1, 0.15) is 37.7 Å². The van der Waals surface area contributed by atoms with Crippen molar-refractivity contribution in [3.05, 3.63) is 35.9 Å². The lowest BCUT2D eigenvalue weighted by Crippen LogP contribution is -2.28. The average molecular weight is 352 g/mol. The van der Waals surface area contributed by atoms with Crippen LogP contribution in [0.4, 0.5) is 0 Å². The zero-order valence-electron chi connectivity index (χ0n) is 12.1. The molecule has 0 bridgehead atoms. The number of hydrogen-bond acceptors (Lipinski definition) is 3. The minimum Gasteiger partial charge on any atom is -0.368 e. The lowest BCUT2D eigenvalue weighted by Gasteiger charge is -2.29. The fourth-order valence-electron chi connectivity index (χ4n) is 2.15. The maximum Gasteiger partial charge on any atom is 0.369 e. The minimum atomic E-state index is -5.32. The molecule has 0 spiro atoms. The standard InChI is InChI=1S/C13H22O7P2/c14-13(21(15,16)17,22(18,19)20)11-7-2-1-4-8-12-9-5-3-6-10-12/h3,5-6,9-10,14H,1-2,4,7-8,11H2,(H2,15,16,17)(H2,18,19,20). The molecule has 0 radical (unpaired) electrons. The zero-order valence-corrected chi connectivity index (χ0v) is 13.9. The summed E-state index contributed by atoms with van der Waals surface area (Å²) in [5.41, 5.74) is 1.18. The van der Waals surface area contributed by atoms with E-state index in [4.69, 9.17) is 19.6 Å². The molecule has 0 heterocycles. The van der Waals surface area contributed by atoms with E-state index in [0.717, 1.165) is 19.3 Å². The molecule has 5 N–H and O–H groups in total. The Morgan fingerprint density at radius 3 is 1.82 bits per heavy atom. The number of hydrogen-bond donors (Lipinski definition) is 5. The van der Waals surface area contributed by atoms with Crippen LogP contribution in [0.2, 0.25) is 0 Å². The minimum absolute atomic E-state index is 0.126. The Morgan fingerprint density at radius 2 is 1.32 bits per heavy atom. The summed E-state index contributed by atoms with van der Waals surface area (Å²) < 4.78 is 22.3. The number of aryl methyl sites for hydroxylation is 1. The Kier molecular flexibility index (Phi) is 6.96. The van der Waals surface area contributed by atoms with Crippen LogP contribution in [0.3, 0.4) is 0 Å². The topological polar surface area (TPSA) is 135 Å². The normalized spacial score (nSPS) is 13.3. The number of rotatable bonds is 9. The van der Waals surface area contributed by atoms with Gasteiger partial charge in [0, 0.05) is 0 Å². The second-order valence-corrected chi connectivity index (χ2v) is 9.27. The lowest BCUT2D eigenvalue weighted by atomic mass is 10.1. The van der Waals surface area contributed by atoms with Gasteiger partial charge in [-0.3, -0.25) is 9.13 Å². The van der Waals surface area contributed by atoms with Gasteiger partial charge in [-0.05, 0) is 31.2 Å². The Labute approximate surface area is 129 Å². The van der Waals surface area contributed by atoms with E-state index in [2.05, 4.69) is 0 Å². The van der Waals surface area contributed by atoms with Gasteiger partial charge < -0.3 is 24.7 Å². The third-order valence-electron chi connectivity index (χ3n) is 3.50. The van der Waals surface area contributed by atoms with Crippen molar-refractivity contribution in [3.8, 4) is 0 Å². The summed E-state index contributed by atoms with van der Waals surface area (Å²) in [7, 11) is -10.6. The Bertz CT molecular complexity index is 527. The van der Waals surface area contributed by atoms with Crippen LogP contribution in [0.25, 0.3) is 0 Å². The van der Waals surface area contributed by atoms with Gasteiger partial charge >= 0.3 is 15.2 Å². The molecule has 1 aromatic rings. The molecule has 126 valence electrons. The maximum atomic E-state index is 11.2. The Balaban J connectivity index is 2.39. The summed E-state index contributed by atoms with van der Waals surface area (Å²) in [6.07, 6.45) is 2.48. The van der Waals surface area contributed by atoms with E-state index in [-0.39, 0.29) is 6.42 Å². The van der Waals surface area contributed by atoms with E-state index < -0.39 is 26.7 Å². The molecule has 9 heteroatoms. The molecule has 22 heavy (non-hydrogen) atoms. The fourth-order valence-corrected chi connectivity index (χ4v) is 4.41. The second kappa shape index (κ2) is 7.84. The first-order chi connectivity index (χ1) is 10.1. The van der Waals surface area contributed by atoms with Crippen molar-refractivity contribution in [2.75, 3.05) is 0 Å². The van der Waals surface area contributed by atoms with Crippen LogP contribution in [0, 0.1) is 0 Å². The summed E-state index contributed by atoms with van der Waals surface area (Å²) in [6, 6.07) is 9.81. The largest absolute Gasteiger partial charge is 0.369 e. The van der Waals surface area contributed by atoms with Gasteiger partial charge in [0.2, 0.25) is 0 Å². The highest BCUT2D eigenvalue weighted by Crippen LogP contribution is 2.69. The maximum absolute atomic E-state index is 11.2. The Morgan fingerprint density at radius 1 is 0.818 bits per heavy atom. The molecule has 0 aliphatic heterocycles. The van der Waals surface area contributed by atoms with Crippen molar-refractivity contribution in [1.82, 2.24) is 0 Å². The van der Waals surface area contributed by atoms with Crippen LogP contribution in [0.5, 0.6) is 0 Å². The van der Waals surface area contributed by atoms with Crippen molar-refractivity contribution < 1.29 is 33.8 Å². The first kappa shape index (κ1) is 19.5. The van der Waals surface area contributed by atoms with Crippen LogP contribution in [0.15, 0.2) is 30.3 Å². The molecule has 0 fully saturated rings. The molecule has 0 aliphatic carbocycles. The first-order valence-electron chi connectivity index (χ1n) is 6.95. The summed E-state index contributed by atoms with van der Waals surface area (Å²) in [6.45, 7) is 0. The quantitative estimate of drug-likeness (QED) is 0.339. The van der Waals surface area contributed by atoms with Gasteiger partial charge in [-0.25, -0.2) is 0 Å². The van der Waals surface area contributed by atoms with E-state index >= 15 is 0 Å². The van der Waals surface area contributed by atoms with Gasteiger partial charge in [0.25, 0.3) is 5.08 Å². The molecule has 7 nitrogen and oxygen atoms in total. The molecule has 0 aliphatic rings. The molecular formula is C13H22O7P2. The summed E-state index contributed by atoms with van der Waals surface area (Å²) in [4.78, 5) is 36.0. The molecule has 0 unspecified atom stereocenters. The van der Waals surface area contributed by atoms with Crippen molar-refractivity contribution in [3.63, 3.8) is 0 Å². The molecule has 1 aromatic carbocycles. The highest BCUT2D eigenvalue weighted by atomic mass is 31.2. The van der Waals surface area contributed by atoms with Gasteiger partial charge in [0.1, 0.15) is 0 Å². The predicted molar refractivity (Wildman–Crippen MR) is 82.3 cm³/mol. The number of unbranched alkanes of at least 4 members (excludes halogenated alkanes) is 3. The van der Waals surface area contributed by atoms with Crippen molar-refractivity contribution >= 4 is 15.2 Å². The molecule has 0 amide bonds. The number of benzene rings is 1. The van der Waals surface area contributed by atoms with E-state index in [9.17, 15) is 14.2 Å². The second-order valence-electron chi connectivity index (χ2n) is 5.26. The third kappa shape index (κ3) is 5.28. The Hall–Kier alpha value is -0.520. The lowest BCUT2D eigenvalue weighted by molar-refractivity contribution is 0.120. The van der Waals surface area contributed by atoms with Crippen LogP contribution < -0.4 is 0 Å². The van der Waals surface area contributed by atoms with Gasteiger partial charge in [-0.1, -0.05) is 43.2 Å². The molecular weight excluding hydrogens is 330 g/mol. The van der Waals surface area contributed by atoms with Crippen molar-refractivity contribution in [2.24, 2.45) is 0 Å². The van der Waals surface area contributed by atoms with Gasteiger partial charge in [-0.2, -0.15) is 0 Å². The monoisotopic (exact) mass is 352 g/mol. The molecule has 0 saturated heterocycles. The van der Waals surface area contributed by atoms with Crippen molar-refractivity contribution in [1.29, 1.82) is 0 Å². The first-order valence-corrected chi connectivity index (χ1v) is 10.2. The molecule has 1 rings (SSSR count). The van der Waals surface area contributed by atoms with E-state index in [0.29, 0.717) is 6.42 Å².